The second-order valence-corrected chi connectivity index (χ2v) is 7.29. The third-order valence-corrected chi connectivity index (χ3v) is 5.49. The molecule has 0 saturated heterocycles. The van der Waals surface area contributed by atoms with Gasteiger partial charge in [0.25, 0.3) is 0 Å². The summed E-state index contributed by atoms with van der Waals surface area (Å²) in [7, 11) is 1.64. The number of thiazole rings is 1. The van der Waals surface area contributed by atoms with E-state index in [1.165, 1.54) is 41.0 Å². The molecule has 2 heterocycles. The molecule has 0 aliphatic heterocycles. The maximum Gasteiger partial charge on any atom is 0.230 e. The van der Waals surface area contributed by atoms with Crippen LogP contribution in [0.4, 0.5) is 15.2 Å². The Bertz CT molecular complexity index is 914. The molecule has 27 heavy (non-hydrogen) atoms. The molecule has 10 heteroatoms. The number of carbonyl (C=O) groups is 1. The first-order chi connectivity index (χ1) is 13.1. The fraction of sp³-hybridized carbons (Fsp3) is 0.294. The second-order valence-electron chi connectivity index (χ2n) is 5.52. The summed E-state index contributed by atoms with van der Waals surface area (Å²) in [5, 5.41) is 11.1. The lowest BCUT2D eigenvalue weighted by molar-refractivity contribution is -0.115. The lowest BCUT2D eigenvalue weighted by Crippen LogP contribution is -2.23. The fourth-order valence-electron chi connectivity index (χ4n) is 2.34. The van der Waals surface area contributed by atoms with Crippen LogP contribution in [0.25, 0.3) is 0 Å². The van der Waals surface area contributed by atoms with Crippen molar-refractivity contribution in [1.82, 2.24) is 19.7 Å². The summed E-state index contributed by atoms with van der Waals surface area (Å²) in [4.78, 5) is 17.9. The van der Waals surface area contributed by atoms with Crippen LogP contribution < -0.4 is 4.90 Å². The Labute approximate surface area is 164 Å². The predicted molar refractivity (Wildman–Crippen MR) is 103 cm³/mol. The number of carbonyl (C=O) groups excluding carboxylic acids is 1. The van der Waals surface area contributed by atoms with Crippen LogP contribution in [0.2, 0.25) is 0 Å². The van der Waals surface area contributed by atoms with E-state index in [0.717, 1.165) is 10.9 Å². The Kier molecular flexibility index (Phi) is 6.54. The zero-order valence-corrected chi connectivity index (χ0v) is 16.5. The van der Waals surface area contributed by atoms with Crippen molar-refractivity contribution in [2.24, 2.45) is 0 Å². The van der Waals surface area contributed by atoms with Gasteiger partial charge in [0.1, 0.15) is 12.1 Å². The molecule has 3 aromatic rings. The Morgan fingerprint density at radius 3 is 2.96 bits per heavy atom. The number of hydrogen-bond acceptors (Lipinski definition) is 7. The number of para-hydroxylation sites is 1. The molecular weight excluding hydrogens is 389 g/mol. The number of rotatable bonds is 8. The highest BCUT2D eigenvalue weighted by Gasteiger charge is 2.21. The zero-order valence-electron chi connectivity index (χ0n) is 14.8. The standard InChI is InChI=1S/C17H18FN5O2S2/c1-12(24)23(15-6-4-3-5-14(15)18)16-20-13(9-26-16)10-27-17-21-19-11-22(17)7-8-25-2/h3-6,9,11H,7-8,10H2,1-2H3. The highest BCUT2D eigenvalue weighted by atomic mass is 32.2. The molecule has 0 aliphatic carbocycles. The van der Waals surface area contributed by atoms with E-state index in [0.29, 0.717) is 24.0 Å². The van der Waals surface area contributed by atoms with Gasteiger partial charge in [0, 0.05) is 31.7 Å². The third-order valence-electron chi connectivity index (χ3n) is 3.60. The van der Waals surface area contributed by atoms with Crippen LogP contribution in [0.1, 0.15) is 12.6 Å². The van der Waals surface area contributed by atoms with Crippen molar-refractivity contribution in [2.75, 3.05) is 18.6 Å². The van der Waals surface area contributed by atoms with Gasteiger partial charge in [-0.1, -0.05) is 23.9 Å². The van der Waals surface area contributed by atoms with Crippen molar-refractivity contribution < 1.29 is 13.9 Å². The van der Waals surface area contributed by atoms with Crippen LogP contribution in [0.3, 0.4) is 0 Å². The van der Waals surface area contributed by atoms with Crippen molar-refractivity contribution in [3.63, 3.8) is 0 Å². The lowest BCUT2D eigenvalue weighted by atomic mass is 10.3. The van der Waals surface area contributed by atoms with Gasteiger partial charge in [-0.25, -0.2) is 9.37 Å². The summed E-state index contributed by atoms with van der Waals surface area (Å²) in [6.07, 6.45) is 1.66. The average Bonchev–Trinajstić information content (AvgIpc) is 3.29. The van der Waals surface area contributed by atoms with Crippen molar-refractivity contribution >= 4 is 39.8 Å². The van der Waals surface area contributed by atoms with Crippen molar-refractivity contribution in [1.29, 1.82) is 0 Å². The van der Waals surface area contributed by atoms with Gasteiger partial charge >= 0.3 is 0 Å². The third kappa shape index (κ3) is 4.71. The van der Waals surface area contributed by atoms with E-state index in [9.17, 15) is 9.18 Å². The smallest absolute Gasteiger partial charge is 0.230 e. The SMILES string of the molecule is COCCn1cnnc1SCc1csc(N(C(C)=O)c2ccccc2F)n1. The molecule has 0 atom stereocenters. The van der Waals surface area contributed by atoms with Crippen molar-refractivity contribution in [3.8, 4) is 0 Å². The van der Waals surface area contributed by atoms with Crippen LogP contribution in [0.5, 0.6) is 0 Å². The van der Waals surface area contributed by atoms with Crippen LogP contribution in [0, 0.1) is 5.82 Å². The van der Waals surface area contributed by atoms with E-state index in [2.05, 4.69) is 15.2 Å². The molecule has 0 unspecified atom stereocenters. The van der Waals surface area contributed by atoms with Gasteiger partial charge in [0.15, 0.2) is 10.3 Å². The minimum atomic E-state index is -0.468. The Morgan fingerprint density at radius 2 is 2.22 bits per heavy atom. The zero-order chi connectivity index (χ0) is 19.2. The number of aromatic nitrogens is 4. The maximum atomic E-state index is 14.1. The Balaban J connectivity index is 1.73. The molecule has 0 saturated carbocycles. The van der Waals surface area contributed by atoms with Gasteiger partial charge in [0.2, 0.25) is 5.91 Å². The number of thioether (sulfide) groups is 1. The number of ether oxygens (including phenoxy) is 1. The normalized spacial score (nSPS) is 10.9. The van der Waals surface area contributed by atoms with E-state index in [1.807, 2.05) is 9.95 Å². The summed E-state index contributed by atoms with van der Waals surface area (Å²) >= 11 is 2.79. The number of hydrogen-bond donors (Lipinski definition) is 0. The number of halogens is 1. The van der Waals surface area contributed by atoms with E-state index in [1.54, 1.807) is 31.6 Å². The van der Waals surface area contributed by atoms with E-state index >= 15 is 0 Å². The molecule has 2 aromatic heterocycles. The first-order valence-electron chi connectivity index (χ1n) is 8.09. The van der Waals surface area contributed by atoms with E-state index in [4.69, 9.17) is 4.74 Å². The maximum absolute atomic E-state index is 14.1. The number of benzene rings is 1. The Hall–Kier alpha value is -2.30. The first kappa shape index (κ1) is 19.5. The average molecular weight is 407 g/mol. The molecule has 7 nitrogen and oxygen atoms in total. The topological polar surface area (TPSA) is 73.1 Å². The number of anilines is 2. The molecule has 0 bridgehead atoms. The number of methoxy groups -OCH3 is 1. The summed E-state index contributed by atoms with van der Waals surface area (Å²) in [5.74, 6) is -0.205. The minimum Gasteiger partial charge on any atom is -0.383 e. The Morgan fingerprint density at radius 1 is 1.41 bits per heavy atom. The molecule has 1 amide bonds. The summed E-state index contributed by atoms with van der Waals surface area (Å²) in [6.45, 7) is 2.63. The second kappa shape index (κ2) is 9.07. The highest BCUT2D eigenvalue weighted by Crippen LogP contribution is 2.32. The summed E-state index contributed by atoms with van der Waals surface area (Å²) in [5.41, 5.74) is 0.974. The largest absolute Gasteiger partial charge is 0.383 e. The summed E-state index contributed by atoms with van der Waals surface area (Å²) in [6, 6.07) is 6.15. The van der Waals surface area contributed by atoms with Gasteiger partial charge in [0.05, 0.1) is 18.0 Å². The van der Waals surface area contributed by atoms with Crippen LogP contribution in [-0.2, 0) is 21.8 Å². The van der Waals surface area contributed by atoms with Gasteiger partial charge in [-0.15, -0.1) is 21.5 Å². The predicted octanol–water partition coefficient (Wildman–Crippen LogP) is 3.50. The first-order valence-corrected chi connectivity index (χ1v) is 9.96. The fourth-order valence-corrected chi connectivity index (χ4v) is 4.16. The molecule has 0 radical (unpaired) electrons. The van der Waals surface area contributed by atoms with Crippen LogP contribution in [0.15, 0.2) is 41.1 Å². The molecule has 0 spiro atoms. The minimum absolute atomic E-state index is 0.192. The highest BCUT2D eigenvalue weighted by molar-refractivity contribution is 7.98. The van der Waals surface area contributed by atoms with Gasteiger partial charge in [-0.2, -0.15) is 0 Å². The molecule has 0 N–H and O–H groups in total. The van der Waals surface area contributed by atoms with Gasteiger partial charge < -0.3 is 9.30 Å². The van der Waals surface area contributed by atoms with Gasteiger partial charge in [-0.05, 0) is 12.1 Å². The van der Waals surface area contributed by atoms with E-state index < -0.39 is 5.82 Å². The monoisotopic (exact) mass is 407 g/mol. The van der Waals surface area contributed by atoms with Crippen molar-refractivity contribution in [2.45, 2.75) is 24.4 Å². The molecular formula is C17H18FN5O2S2. The van der Waals surface area contributed by atoms with Crippen LogP contribution in [-0.4, -0.2) is 39.4 Å². The van der Waals surface area contributed by atoms with Crippen molar-refractivity contribution in [3.05, 3.63) is 47.5 Å². The van der Waals surface area contributed by atoms with E-state index in [-0.39, 0.29) is 11.6 Å². The lowest BCUT2D eigenvalue weighted by Gasteiger charge is -2.18. The van der Waals surface area contributed by atoms with Gasteiger partial charge in [-0.3, -0.25) is 9.69 Å². The quantitative estimate of drug-likeness (QED) is 0.532. The molecule has 1 aromatic carbocycles. The molecule has 142 valence electrons. The van der Waals surface area contributed by atoms with Crippen LogP contribution >= 0.6 is 23.1 Å². The molecule has 3 rings (SSSR count). The number of nitrogens with zero attached hydrogens (tertiary/aromatic N) is 5. The summed E-state index contributed by atoms with van der Waals surface area (Å²) < 4.78 is 21.1. The number of amides is 1. The molecule has 0 aliphatic rings. The molecule has 0 fully saturated rings.